The number of rotatable bonds is 5. The molecule has 0 saturated heterocycles. The van der Waals surface area contributed by atoms with Crippen LogP contribution in [-0.2, 0) is 13.5 Å². The number of pyridine rings is 1. The average Bonchev–Trinajstić information content (AvgIpc) is 3.41. The van der Waals surface area contributed by atoms with Gasteiger partial charge in [-0.1, -0.05) is 23.7 Å². The summed E-state index contributed by atoms with van der Waals surface area (Å²) in [5, 5.41) is 17.1. The summed E-state index contributed by atoms with van der Waals surface area (Å²) in [7, 11) is 1.86. The molecule has 1 atom stereocenters. The molecule has 0 aliphatic carbocycles. The first kappa shape index (κ1) is 20.6. The number of halogens is 1. The fourth-order valence-electron chi connectivity index (χ4n) is 4.25. The number of aromatic nitrogens is 7. The summed E-state index contributed by atoms with van der Waals surface area (Å²) >= 11 is 6.05. The number of anilines is 2. The van der Waals surface area contributed by atoms with Gasteiger partial charge in [-0.05, 0) is 42.7 Å². The Bertz CT molecular complexity index is 1480. The van der Waals surface area contributed by atoms with Crippen LogP contribution < -0.4 is 10.1 Å². The van der Waals surface area contributed by atoms with Crippen LogP contribution in [-0.4, -0.2) is 41.0 Å². The summed E-state index contributed by atoms with van der Waals surface area (Å²) in [5.41, 5.74) is 3.58. The second kappa shape index (κ2) is 8.42. The summed E-state index contributed by atoms with van der Waals surface area (Å²) in [4.78, 5) is 9.02. The standard InChI is InChI=1S/C24H21ClN8O/c1-32-20(7-10-27-32)29-24-26-9-6-19(28-24)17-13-21-30-31-23-16(8-11-34-22(14-17)33(21)23)12-15-2-4-18(25)5-3-15/h2-7,9-10,13-14,16H,8,11-12H2,1H3,(H,26,28,29)/t16-/m1/s1. The van der Waals surface area contributed by atoms with E-state index < -0.39 is 0 Å². The zero-order chi connectivity index (χ0) is 23.1. The van der Waals surface area contributed by atoms with Crippen molar-refractivity contribution in [3.63, 3.8) is 0 Å². The molecule has 0 bridgehead atoms. The summed E-state index contributed by atoms with van der Waals surface area (Å²) in [6.07, 6.45) is 5.13. The van der Waals surface area contributed by atoms with Crippen LogP contribution in [0.3, 0.4) is 0 Å². The molecule has 1 aliphatic rings. The predicted octanol–water partition coefficient (Wildman–Crippen LogP) is 4.43. The van der Waals surface area contributed by atoms with Crippen molar-refractivity contribution in [1.29, 1.82) is 0 Å². The molecule has 5 heterocycles. The van der Waals surface area contributed by atoms with Gasteiger partial charge in [-0.3, -0.25) is 4.68 Å². The van der Waals surface area contributed by atoms with Gasteiger partial charge in [0.2, 0.25) is 11.8 Å². The Hall–Kier alpha value is -3.98. The molecule has 5 aromatic rings. The van der Waals surface area contributed by atoms with Crippen LogP contribution in [0.5, 0.6) is 5.88 Å². The lowest BCUT2D eigenvalue weighted by Crippen LogP contribution is -2.08. The van der Waals surface area contributed by atoms with E-state index >= 15 is 0 Å². The lowest BCUT2D eigenvalue weighted by Gasteiger charge is -2.12. The molecule has 9 nitrogen and oxygen atoms in total. The molecule has 0 spiro atoms. The number of ether oxygens (including phenoxy) is 1. The Balaban J connectivity index is 1.34. The van der Waals surface area contributed by atoms with Gasteiger partial charge in [-0.25, -0.2) is 14.4 Å². The maximum atomic E-state index is 6.15. The predicted molar refractivity (Wildman–Crippen MR) is 129 cm³/mol. The van der Waals surface area contributed by atoms with E-state index in [0.29, 0.717) is 18.4 Å². The SMILES string of the molecule is Cn1nccc1Nc1nccc(-c2cc3n4c(nnc4c2)[C@@H](Cc2ccc(Cl)cc2)CCO3)n1. The van der Waals surface area contributed by atoms with Crippen molar-refractivity contribution in [1.82, 2.24) is 34.3 Å². The van der Waals surface area contributed by atoms with Crippen LogP contribution in [0, 0.1) is 0 Å². The first-order valence-corrected chi connectivity index (χ1v) is 11.4. The van der Waals surface area contributed by atoms with Gasteiger partial charge in [0.05, 0.1) is 18.5 Å². The summed E-state index contributed by atoms with van der Waals surface area (Å²) < 4.78 is 9.88. The number of hydrogen-bond acceptors (Lipinski definition) is 7. The van der Waals surface area contributed by atoms with E-state index in [4.69, 9.17) is 16.3 Å². The van der Waals surface area contributed by atoms with Gasteiger partial charge in [-0.15, -0.1) is 10.2 Å². The van der Waals surface area contributed by atoms with E-state index in [9.17, 15) is 0 Å². The van der Waals surface area contributed by atoms with Crippen LogP contribution >= 0.6 is 11.6 Å². The molecule has 0 amide bonds. The fourth-order valence-corrected chi connectivity index (χ4v) is 4.38. The third-order valence-corrected chi connectivity index (χ3v) is 6.24. The van der Waals surface area contributed by atoms with Crippen molar-refractivity contribution in [3.05, 3.63) is 77.3 Å². The van der Waals surface area contributed by atoms with Crippen LogP contribution in [0.15, 0.2) is 60.9 Å². The molecular weight excluding hydrogens is 452 g/mol. The van der Waals surface area contributed by atoms with Crippen molar-refractivity contribution in [2.45, 2.75) is 18.8 Å². The molecule has 0 fully saturated rings. The fraction of sp³-hybridized carbons (Fsp3) is 0.208. The molecule has 34 heavy (non-hydrogen) atoms. The van der Waals surface area contributed by atoms with E-state index in [1.807, 2.05) is 47.8 Å². The Morgan fingerprint density at radius 1 is 1.09 bits per heavy atom. The molecule has 0 saturated carbocycles. The van der Waals surface area contributed by atoms with Gasteiger partial charge in [0.15, 0.2) is 5.65 Å². The van der Waals surface area contributed by atoms with Gasteiger partial charge in [0.1, 0.15) is 11.6 Å². The number of benzene rings is 1. The van der Waals surface area contributed by atoms with Crippen molar-refractivity contribution >= 4 is 29.0 Å². The number of aryl methyl sites for hydroxylation is 1. The minimum atomic E-state index is 0.192. The molecule has 6 rings (SSSR count). The lowest BCUT2D eigenvalue weighted by atomic mass is 9.96. The van der Waals surface area contributed by atoms with Gasteiger partial charge in [0.25, 0.3) is 0 Å². The number of hydrogen-bond donors (Lipinski definition) is 1. The zero-order valence-corrected chi connectivity index (χ0v) is 19.1. The second-order valence-electron chi connectivity index (χ2n) is 8.23. The second-order valence-corrected chi connectivity index (χ2v) is 8.67. The molecular formula is C24H21ClN8O. The molecule has 0 unspecified atom stereocenters. The summed E-state index contributed by atoms with van der Waals surface area (Å²) in [6, 6.07) is 15.6. The summed E-state index contributed by atoms with van der Waals surface area (Å²) in [5.74, 6) is 3.10. The Kier molecular flexibility index (Phi) is 5.10. The van der Waals surface area contributed by atoms with Crippen molar-refractivity contribution < 1.29 is 4.74 Å². The third kappa shape index (κ3) is 3.84. The minimum absolute atomic E-state index is 0.192. The summed E-state index contributed by atoms with van der Waals surface area (Å²) in [6.45, 7) is 0.594. The van der Waals surface area contributed by atoms with Crippen LogP contribution in [0.4, 0.5) is 11.8 Å². The lowest BCUT2D eigenvalue weighted by molar-refractivity contribution is 0.296. The van der Waals surface area contributed by atoms with Crippen LogP contribution in [0.2, 0.25) is 5.02 Å². The van der Waals surface area contributed by atoms with E-state index in [0.717, 1.165) is 46.4 Å². The molecule has 1 N–H and O–H groups in total. The highest BCUT2D eigenvalue weighted by atomic mass is 35.5. The normalized spacial score (nSPS) is 15.2. The average molecular weight is 473 g/mol. The monoisotopic (exact) mass is 472 g/mol. The molecule has 1 aliphatic heterocycles. The first-order valence-electron chi connectivity index (χ1n) is 11.0. The minimum Gasteiger partial charge on any atom is -0.478 e. The van der Waals surface area contributed by atoms with Gasteiger partial charge in [-0.2, -0.15) is 5.10 Å². The topological polar surface area (TPSA) is 95.1 Å². The molecule has 1 aromatic carbocycles. The number of nitrogens with one attached hydrogen (secondary N) is 1. The highest BCUT2D eigenvalue weighted by Crippen LogP contribution is 2.33. The molecule has 0 radical (unpaired) electrons. The Labute approximate surface area is 200 Å². The highest BCUT2D eigenvalue weighted by Gasteiger charge is 2.25. The van der Waals surface area contributed by atoms with E-state index in [-0.39, 0.29) is 5.92 Å². The van der Waals surface area contributed by atoms with Crippen molar-refractivity contribution in [2.24, 2.45) is 7.05 Å². The van der Waals surface area contributed by atoms with Crippen molar-refractivity contribution in [2.75, 3.05) is 11.9 Å². The highest BCUT2D eigenvalue weighted by molar-refractivity contribution is 6.30. The number of nitrogens with zero attached hydrogens (tertiary/aromatic N) is 7. The quantitative estimate of drug-likeness (QED) is 0.404. The molecule has 170 valence electrons. The Morgan fingerprint density at radius 3 is 2.79 bits per heavy atom. The third-order valence-electron chi connectivity index (χ3n) is 5.99. The largest absolute Gasteiger partial charge is 0.478 e. The van der Waals surface area contributed by atoms with E-state index in [1.165, 1.54) is 5.56 Å². The molecule has 4 aromatic heterocycles. The van der Waals surface area contributed by atoms with E-state index in [1.54, 1.807) is 17.1 Å². The van der Waals surface area contributed by atoms with Gasteiger partial charge >= 0.3 is 0 Å². The van der Waals surface area contributed by atoms with E-state index in [2.05, 4.69) is 42.7 Å². The first-order chi connectivity index (χ1) is 16.6. The zero-order valence-electron chi connectivity index (χ0n) is 18.4. The maximum absolute atomic E-state index is 6.15. The maximum Gasteiger partial charge on any atom is 0.228 e. The van der Waals surface area contributed by atoms with Gasteiger partial charge in [0, 0.05) is 41.9 Å². The van der Waals surface area contributed by atoms with Crippen LogP contribution in [0.25, 0.3) is 16.9 Å². The van der Waals surface area contributed by atoms with Crippen LogP contribution in [0.1, 0.15) is 23.7 Å². The smallest absolute Gasteiger partial charge is 0.228 e. The Morgan fingerprint density at radius 2 is 1.97 bits per heavy atom. The molecule has 10 heteroatoms. The van der Waals surface area contributed by atoms with Crippen molar-refractivity contribution in [3.8, 4) is 17.1 Å². The van der Waals surface area contributed by atoms with Gasteiger partial charge < -0.3 is 10.1 Å².